The van der Waals surface area contributed by atoms with Crippen LogP contribution < -0.4 is 10.0 Å². The zero-order chi connectivity index (χ0) is 21.4. The molecule has 1 aliphatic heterocycles. The molecule has 1 saturated heterocycles. The highest BCUT2D eigenvalue weighted by Gasteiger charge is 2.35. The predicted molar refractivity (Wildman–Crippen MR) is 95.2 cm³/mol. The third kappa shape index (κ3) is 4.56. The molecule has 154 valence electrons. The van der Waals surface area contributed by atoms with Crippen molar-refractivity contribution in [3.8, 4) is 0 Å². The van der Waals surface area contributed by atoms with Crippen LogP contribution in [0.1, 0.15) is 46.1 Å². The van der Waals surface area contributed by atoms with Crippen molar-refractivity contribution in [2.75, 3.05) is 0 Å². The minimum atomic E-state index is -4.71. The van der Waals surface area contributed by atoms with E-state index < -0.39 is 32.7 Å². The van der Waals surface area contributed by atoms with E-state index in [1.807, 2.05) is 4.72 Å². The Hall–Kier alpha value is -2.95. The molecule has 0 aliphatic carbocycles. The van der Waals surface area contributed by atoms with Gasteiger partial charge in [0.05, 0.1) is 6.04 Å². The van der Waals surface area contributed by atoms with E-state index in [9.17, 15) is 31.2 Å². The van der Waals surface area contributed by atoms with Crippen LogP contribution in [-0.4, -0.2) is 25.2 Å². The van der Waals surface area contributed by atoms with Gasteiger partial charge in [0, 0.05) is 18.2 Å². The standard InChI is InChI=1S/C18H16F3N3O4S/c1-10-8-13(9-22-16(10)18(19,20)21)29(27,28)24-17(26)12-4-2-11(3-5-12)14-6-7-15(25)23-14/h2-5,8-9,14H,6-7H2,1H3,(H,23,25)(H,24,26). The summed E-state index contributed by atoms with van der Waals surface area (Å²) in [6.45, 7) is 1.08. The molecule has 1 aromatic carbocycles. The van der Waals surface area contributed by atoms with Crippen molar-refractivity contribution in [3.05, 3.63) is 58.9 Å². The smallest absolute Gasteiger partial charge is 0.349 e. The molecule has 7 nitrogen and oxygen atoms in total. The summed E-state index contributed by atoms with van der Waals surface area (Å²) < 4.78 is 64.8. The summed E-state index contributed by atoms with van der Waals surface area (Å²) in [5.74, 6) is -1.01. The van der Waals surface area contributed by atoms with Gasteiger partial charge in [-0.3, -0.25) is 14.6 Å². The summed E-state index contributed by atoms with van der Waals surface area (Å²) in [6.07, 6.45) is -3.13. The van der Waals surface area contributed by atoms with Gasteiger partial charge >= 0.3 is 6.18 Å². The number of carbonyl (C=O) groups excluding carboxylic acids is 2. The number of amides is 2. The summed E-state index contributed by atoms with van der Waals surface area (Å²) in [4.78, 5) is 26.2. The lowest BCUT2D eigenvalue weighted by molar-refractivity contribution is -0.141. The highest BCUT2D eigenvalue weighted by Crippen LogP contribution is 2.30. The zero-order valence-corrected chi connectivity index (χ0v) is 15.9. The summed E-state index contributed by atoms with van der Waals surface area (Å²) in [5, 5.41) is 2.78. The van der Waals surface area contributed by atoms with Gasteiger partial charge in [0.2, 0.25) is 5.91 Å². The maximum atomic E-state index is 12.8. The Morgan fingerprint density at radius 1 is 1.24 bits per heavy atom. The molecular weight excluding hydrogens is 411 g/mol. The first-order chi connectivity index (χ1) is 13.5. The van der Waals surface area contributed by atoms with E-state index in [1.165, 1.54) is 12.1 Å². The van der Waals surface area contributed by atoms with Crippen molar-refractivity contribution in [2.24, 2.45) is 0 Å². The van der Waals surface area contributed by atoms with Gasteiger partial charge in [-0.05, 0) is 42.7 Å². The SMILES string of the molecule is Cc1cc(S(=O)(=O)NC(=O)c2ccc(C3CCC(=O)N3)cc2)cnc1C(F)(F)F. The molecule has 0 spiro atoms. The molecule has 0 saturated carbocycles. The van der Waals surface area contributed by atoms with E-state index in [4.69, 9.17) is 0 Å². The highest BCUT2D eigenvalue weighted by atomic mass is 32.2. The van der Waals surface area contributed by atoms with E-state index in [0.717, 1.165) is 18.6 Å². The van der Waals surface area contributed by atoms with Crippen molar-refractivity contribution in [1.29, 1.82) is 0 Å². The van der Waals surface area contributed by atoms with E-state index in [2.05, 4.69) is 10.3 Å². The van der Waals surface area contributed by atoms with Crippen LogP contribution in [0.3, 0.4) is 0 Å². The molecule has 3 rings (SSSR count). The molecule has 2 heterocycles. The summed E-state index contributed by atoms with van der Waals surface area (Å²) >= 11 is 0. The van der Waals surface area contributed by atoms with E-state index >= 15 is 0 Å². The molecular formula is C18H16F3N3O4S. The van der Waals surface area contributed by atoms with Crippen LogP contribution in [0.25, 0.3) is 0 Å². The maximum absolute atomic E-state index is 12.8. The molecule has 2 amide bonds. The number of alkyl halides is 3. The number of nitrogens with one attached hydrogen (secondary N) is 2. The van der Waals surface area contributed by atoms with Crippen LogP contribution in [0, 0.1) is 6.92 Å². The fourth-order valence-electron chi connectivity index (χ4n) is 2.96. The zero-order valence-electron chi connectivity index (χ0n) is 15.1. The fourth-order valence-corrected chi connectivity index (χ4v) is 3.97. The van der Waals surface area contributed by atoms with Crippen LogP contribution in [0.2, 0.25) is 0 Å². The number of sulfonamides is 1. The lowest BCUT2D eigenvalue weighted by atomic mass is 10.0. The number of aromatic nitrogens is 1. The molecule has 29 heavy (non-hydrogen) atoms. The van der Waals surface area contributed by atoms with Gasteiger partial charge in [0.25, 0.3) is 15.9 Å². The first-order valence-electron chi connectivity index (χ1n) is 8.48. The highest BCUT2D eigenvalue weighted by molar-refractivity contribution is 7.90. The summed E-state index contributed by atoms with van der Waals surface area (Å²) in [6, 6.07) is 6.65. The number of carbonyl (C=O) groups is 2. The van der Waals surface area contributed by atoms with Gasteiger partial charge in [0.1, 0.15) is 10.6 Å². The second kappa shape index (κ2) is 7.47. The van der Waals surface area contributed by atoms with Crippen molar-refractivity contribution in [2.45, 2.75) is 36.9 Å². The molecule has 0 bridgehead atoms. The van der Waals surface area contributed by atoms with E-state index in [-0.39, 0.29) is 23.1 Å². The lowest BCUT2D eigenvalue weighted by Crippen LogP contribution is -2.31. The average Bonchev–Trinajstić information content (AvgIpc) is 3.06. The van der Waals surface area contributed by atoms with Gasteiger partial charge in [-0.15, -0.1) is 0 Å². The number of hydrogen-bond donors (Lipinski definition) is 2. The Morgan fingerprint density at radius 3 is 2.41 bits per heavy atom. The fraction of sp³-hybridized carbons (Fsp3) is 0.278. The van der Waals surface area contributed by atoms with Gasteiger partial charge in [-0.1, -0.05) is 12.1 Å². The third-order valence-corrected chi connectivity index (χ3v) is 5.73. The monoisotopic (exact) mass is 427 g/mol. The number of halogens is 3. The number of benzene rings is 1. The number of nitrogens with zero attached hydrogens (tertiary/aromatic N) is 1. The average molecular weight is 427 g/mol. The molecule has 1 aromatic heterocycles. The Kier molecular flexibility index (Phi) is 5.35. The molecule has 11 heteroatoms. The van der Waals surface area contributed by atoms with Gasteiger partial charge < -0.3 is 5.32 Å². The minimum Gasteiger partial charge on any atom is -0.349 e. The summed E-state index contributed by atoms with van der Waals surface area (Å²) in [7, 11) is -4.41. The Labute approximate surface area is 164 Å². The number of pyridine rings is 1. The molecule has 1 atom stereocenters. The van der Waals surface area contributed by atoms with Crippen molar-refractivity contribution < 1.29 is 31.2 Å². The maximum Gasteiger partial charge on any atom is 0.433 e. The molecule has 1 aliphatic rings. The molecule has 1 unspecified atom stereocenters. The van der Waals surface area contributed by atoms with Crippen molar-refractivity contribution in [3.63, 3.8) is 0 Å². The quantitative estimate of drug-likeness (QED) is 0.780. The van der Waals surface area contributed by atoms with E-state index in [0.29, 0.717) is 19.0 Å². The van der Waals surface area contributed by atoms with Gasteiger partial charge in [-0.2, -0.15) is 13.2 Å². The van der Waals surface area contributed by atoms with Crippen LogP contribution in [0.5, 0.6) is 0 Å². The molecule has 1 fully saturated rings. The Morgan fingerprint density at radius 2 is 1.90 bits per heavy atom. The topological polar surface area (TPSA) is 105 Å². The molecule has 2 N–H and O–H groups in total. The van der Waals surface area contributed by atoms with Crippen LogP contribution in [0.4, 0.5) is 13.2 Å². The third-order valence-electron chi connectivity index (χ3n) is 4.43. The Bertz CT molecular complexity index is 1070. The summed E-state index contributed by atoms with van der Waals surface area (Å²) in [5.41, 5.74) is -0.760. The van der Waals surface area contributed by atoms with Crippen LogP contribution >= 0.6 is 0 Å². The number of aryl methyl sites for hydroxylation is 1. The lowest BCUT2D eigenvalue weighted by Gasteiger charge is -2.12. The van der Waals surface area contributed by atoms with Gasteiger partial charge in [-0.25, -0.2) is 13.1 Å². The van der Waals surface area contributed by atoms with Crippen molar-refractivity contribution >= 4 is 21.8 Å². The van der Waals surface area contributed by atoms with Gasteiger partial charge in [0.15, 0.2) is 0 Å². The van der Waals surface area contributed by atoms with Crippen LogP contribution in [0.15, 0.2) is 41.4 Å². The largest absolute Gasteiger partial charge is 0.433 e. The van der Waals surface area contributed by atoms with Crippen molar-refractivity contribution in [1.82, 2.24) is 15.0 Å². The molecule has 2 aromatic rings. The van der Waals surface area contributed by atoms with E-state index in [1.54, 1.807) is 12.1 Å². The van der Waals surface area contributed by atoms with Crippen LogP contribution in [-0.2, 0) is 21.0 Å². The minimum absolute atomic E-state index is 0.0400. The first-order valence-corrected chi connectivity index (χ1v) is 9.96. The molecule has 0 radical (unpaired) electrons. The Balaban J connectivity index is 1.75. The second-order valence-electron chi connectivity index (χ2n) is 6.55. The first kappa shape index (κ1) is 20.8. The predicted octanol–water partition coefficient (Wildman–Crippen LogP) is 2.48. The number of hydrogen-bond acceptors (Lipinski definition) is 5. The normalized spacial score (nSPS) is 17.1. The number of rotatable bonds is 4. The second-order valence-corrected chi connectivity index (χ2v) is 8.23.